The van der Waals surface area contributed by atoms with Gasteiger partial charge in [-0.3, -0.25) is 0 Å². The molecule has 98 valence electrons. The first-order valence-electron chi connectivity index (χ1n) is 5.97. The monoisotopic (exact) mass is 250 g/mol. The summed E-state index contributed by atoms with van der Waals surface area (Å²) in [7, 11) is 0. The maximum absolute atomic E-state index is 9.74. The number of nitrogen functional groups attached to an aromatic ring is 1. The lowest BCUT2D eigenvalue weighted by Gasteiger charge is -2.22. The number of hydrogen-bond donors (Lipinski definition) is 2. The van der Waals surface area contributed by atoms with Crippen LogP contribution < -0.4 is 5.73 Å². The molecule has 2 rings (SSSR count). The maximum Gasteiger partial charge on any atom is 0.219 e. The van der Waals surface area contributed by atoms with Crippen LogP contribution in [0.3, 0.4) is 0 Å². The molecule has 2 unspecified atom stereocenters. The van der Waals surface area contributed by atoms with Crippen LogP contribution in [-0.4, -0.2) is 16.7 Å². The average Bonchev–Trinajstić information content (AvgIpc) is 2.73. The number of nitrogens with two attached hydrogens (primary N) is 1. The Kier molecular flexibility index (Phi) is 3.54. The van der Waals surface area contributed by atoms with Crippen molar-refractivity contribution in [2.45, 2.75) is 32.0 Å². The maximum atomic E-state index is 9.74. The number of aliphatic hydroxyl groups excluding tert-OH is 1. The lowest BCUT2D eigenvalue weighted by atomic mass is 9.84. The highest BCUT2D eigenvalue weighted by Gasteiger charge is 2.31. The predicted octanol–water partition coefficient (Wildman–Crippen LogP) is 2.06. The average molecular weight is 250 g/mol. The fourth-order valence-corrected chi connectivity index (χ4v) is 1.89. The van der Waals surface area contributed by atoms with Crippen molar-refractivity contribution >= 4 is 5.88 Å². The number of allylic oxidation sites excluding steroid dienone is 4. The van der Waals surface area contributed by atoms with Gasteiger partial charge in [0.1, 0.15) is 0 Å². The second-order valence-corrected chi connectivity index (χ2v) is 4.49. The third kappa shape index (κ3) is 2.32. The van der Waals surface area contributed by atoms with Crippen molar-refractivity contribution in [2.75, 3.05) is 12.3 Å². The van der Waals surface area contributed by atoms with Gasteiger partial charge < -0.3 is 20.0 Å². The Morgan fingerprint density at radius 2 is 2.39 bits per heavy atom. The van der Waals surface area contributed by atoms with Crippen molar-refractivity contribution in [1.29, 1.82) is 0 Å². The van der Waals surface area contributed by atoms with Gasteiger partial charge in [0.15, 0.2) is 5.69 Å². The molecule has 0 aromatic carbocycles. The van der Waals surface area contributed by atoms with Crippen molar-refractivity contribution < 1.29 is 14.3 Å². The molecule has 0 saturated carbocycles. The van der Waals surface area contributed by atoms with E-state index in [0.717, 1.165) is 6.42 Å². The van der Waals surface area contributed by atoms with Crippen LogP contribution in [0.5, 0.6) is 0 Å². The summed E-state index contributed by atoms with van der Waals surface area (Å²) in [6.07, 6.45) is 7.62. The molecule has 1 aromatic heterocycles. The van der Waals surface area contributed by atoms with E-state index >= 15 is 0 Å². The molecule has 18 heavy (non-hydrogen) atoms. The summed E-state index contributed by atoms with van der Waals surface area (Å²) in [4.78, 5) is 4.27. The molecular formula is C13H18N2O3. The van der Waals surface area contributed by atoms with E-state index in [0.29, 0.717) is 12.5 Å². The molecule has 0 fully saturated rings. The van der Waals surface area contributed by atoms with Crippen LogP contribution in [0.2, 0.25) is 0 Å². The number of aliphatic hydroxyl groups is 1. The van der Waals surface area contributed by atoms with E-state index < -0.39 is 6.29 Å². The summed E-state index contributed by atoms with van der Waals surface area (Å²) in [5, 5.41) is 9.74. The molecule has 0 saturated heterocycles. The highest BCUT2D eigenvalue weighted by molar-refractivity contribution is 5.35. The van der Waals surface area contributed by atoms with Crippen molar-refractivity contribution in [3.8, 4) is 0 Å². The van der Waals surface area contributed by atoms with Crippen LogP contribution in [0.15, 0.2) is 28.7 Å². The Morgan fingerprint density at radius 3 is 3.00 bits per heavy atom. The molecule has 1 heterocycles. The van der Waals surface area contributed by atoms with Crippen LogP contribution >= 0.6 is 0 Å². The summed E-state index contributed by atoms with van der Waals surface area (Å²) in [5.74, 6) is 0.601. The lowest BCUT2D eigenvalue weighted by molar-refractivity contribution is -0.100. The molecule has 1 aliphatic carbocycles. The Hall–Kier alpha value is -1.59. The van der Waals surface area contributed by atoms with Gasteiger partial charge in [-0.1, -0.05) is 24.3 Å². The third-order valence-corrected chi connectivity index (χ3v) is 2.98. The second kappa shape index (κ2) is 4.96. The van der Waals surface area contributed by atoms with E-state index in [1.165, 1.54) is 0 Å². The highest BCUT2D eigenvalue weighted by Crippen LogP contribution is 2.34. The number of aromatic nitrogens is 1. The van der Waals surface area contributed by atoms with Gasteiger partial charge in [0.25, 0.3) is 0 Å². The summed E-state index contributed by atoms with van der Waals surface area (Å²) in [6.45, 7) is 4.17. The van der Waals surface area contributed by atoms with Gasteiger partial charge in [-0.2, -0.15) is 0 Å². The molecule has 0 aliphatic heterocycles. The zero-order chi connectivity index (χ0) is 13.2. The first kappa shape index (κ1) is 12.9. The van der Waals surface area contributed by atoms with Crippen LogP contribution in [0.4, 0.5) is 5.88 Å². The van der Waals surface area contributed by atoms with E-state index in [4.69, 9.17) is 14.9 Å². The Labute approximate surface area is 106 Å². The molecule has 2 atom stereocenters. The Balaban J connectivity index is 2.28. The number of nitrogens with zero attached hydrogens (tertiary/aromatic N) is 1. The fraction of sp³-hybridized carbons (Fsp3) is 0.462. The van der Waals surface area contributed by atoms with Gasteiger partial charge in [0, 0.05) is 6.61 Å². The van der Waals surface area contributed by atoms with E-state index in [-0.39, 0.29) is 17.0 Å². The number of anilines is 1. The number of rotatable bonds is 4. The van der Waals surface area contributed by atoms with Gasteiger partial charge in [-0.15, -0.1) is 0 Å². The standard InChI is InChI=1S/C13H18N2O3/c1-3-17-11(16)9-10(14)18-12(15-9)13(2)7-5-4-6-8-13/h4-7,11,16H,3,8,14H2,1-2H3. The molecule has 3 N–H and O–H groups in total. The van der Waals surface area contributed by atoms with Crippen LogP contribution in [0.1, 0.15) is 38.1 Å². The molecule has 0 bridgehead atoms. The smallest absolute Gasteiger partial charge is 0.219 e. The molecule has 0 amide bonds. The molecule has 5 heteroatoms. The summed E-state index contributed by atoms with van der Waals surface area (Å²) in [6, 6.07) is 0. The van der Waals surface area contributed by atoms with Gasteiger partial charge in [0.2, 0.25) is 18.1 Å². The molecular weight excluding hydrogens is 232 g/mol. The van der Waals surface area contributed by atoms with Gasteiger partial charge in [0.05, 0.1) is 5.41 Å². The minimum Gasteiger partial charge on any atom is -0.424 e. The fourth-order valence-electron chi connectivity index (χ4n) is 1.89. The normalized spacial score (nSPS) is 24.4. The minimum absolute atomic E-state index is 0.107. The second-order valence-electron chi connectivity index (χ2n) is 4.49. The quantitative estimate of drug-likeness (QED) is 0.799. The molecule has 0 radical (unpaired) electrons. The first-order chi connectivity index (χ1) is 8.57. The van der Waals surface area contributed by atoms with Crippen molar-refractivity contribution in [3.63, 3.8) is 0 Å². The summed E-state index contributed by atoms with van der Waals surface area (Å²) < 4.78 is 10.5. The SMILES string of the molecule is CCOC(O)c1nc(C2(C)C=CC=CC2)oc1N. The van der Waals surface area contributed by atoms with Crippen LogP contribution in [0.25, 0.3) is 0 Å². The number of ether oxygens (including phenoxy) is 1. The van der Waals surface area contributed by atoms with Crippen LogP contribution in [0, 0.1) is 0 Å². The molecule has 1 aliphatic rings. The zero-order valence-corrected chi connectivity index (χ0v) is 10.6. The number of oxazole rings is 1. The molecule has 1 aromatic rings. The number of hydrogen-bond acceptors (Lipinski definition) is 5. The molecule has 5 nitrogen and oxygen atoms in total. The Bertz CT molecular complexity index is 479. The topological polar surface area (TPSA) is 81.5 Å². The lowest BCUT2D eigenvalue weighted by Crippen LogP contribution is -2.20. The van der Waals surface area contributed by atoms with Crippen molar-refractivity contribution in [2.24, 2.45) is 0 Å². The van der Waals surface area contributed by atoms with E-state index in [2.05, 4.69) is 4.98 Å². The van der Waals surface area contributed by atoms with Crippen molar-refractivity contribution in [3.05, 3.63) is 35.9 Å². The Morgan fingerprint density at radius 1 is 1.61 bits per heavy atom. The van der Waals surface area contributed by atoms with E-state index in [1.54, 1.807) is 6.92 Å². The largest absolute Gasteiger partial charge is 0.424 e. The van der Waals surface area contributed by atoms with Gasteiger partial charge >= 0.3 is 0 Å². The highest BCUT2D eigenvalue weighted by atomic mass is 16.6. The molecule has 0 spiro atoms. The van der Waals surface area contributed by atoms with E-state index in [9.17, 15) is 5.11 Å². The van der Waals surface area contributed by atoms with E-state index in [1.807, 2.05) is 31.2 Å². The predicted molar refractivity (Wildman–Crippen MR) is 67.8 cm³/mol. The summed E-state index contributed by atoms with van der Waals surface area (Å²) >= 11 is 0. The third-order valence-electron chi connectivity index (χ3n) is 2.98. The summed E-state index contributed by atoms with van der Waals surface area (Å²) in [5.41, 5.74) is 5.65. The van der Waals surface area contributed by atoms with Crippen LogP contribution in [-0.2, 0) is 10.2 Å². The van der Waals surface area contributed by atoms with Gasteiger partial charge in [-0.25, -0.2) is 4.98 Å². The van der Waals surface area contributed by atoms with Crippen molar-refractivity contribution in [1.82, 2.24) is 4.98 Å². The van der Waals surface area contributed by atoms with Gasteiger partial charge in [-0.05, 0) is 20.3 Å². The minimum atomic E-state index is -1.14. The zero-order valence-electron chi connectivity index (χ0n) is 10.6. The first-order valence-corrected chi connectivity index (χ1v) is 5.97.